The molecule has 2 aliphatic heterocycles. The Kier molecular flexibility index (Phi) is 14.8. The normalized spacial score (nSPS) is 19.4. The molecule has 4 heterocycles. The Morgan fingerprint density at radius 2 is 1.49 bits per heavy atom. The summed E-state index contributed by atoms with van der Waals surface area (Å²) in [7, 11) is 0. The van der Waals surface area contributed by atoms with Crippen molar-refractivity contribution >= 4 is 23.7 Å². The van der Waals surface area contributed by atoms with E-state index in [0.29, 0.717) is 12.3 Å². The monoisotopic (exact) mass is 691 g/mol. The molecule has 2 saturated heterocycles. The average molecular weight is 692 g/mol. The minimum atomic E-state index is -5.08. The number of nitrogens with zero attached hydrogens (tertiary/aromatic N) is 4. The van der Waals surface area contributed by atoms with Gasteiger partial charge in [-0.05, 0) is 43.7 Å². The molecular weight excluding hydrogens is 665 g/mol. The second-order valence-electron chi connectivity index (χ2n) is 9.60. The second-order valence-corrected chi connectivity index (χ2v) is 9.60. The first kappa shape index (κ1) is 40.3. The standard InChI is InChI=1S/C20H23N5O.3C2HF3O2/c21-12-16-6-3-7-19(23-16)24-18-11-20(26-14-18)8-4-10-25(15-20)13-17-5-1-2-9-22-17;3*3-2(4,5)1(6)7/h1-3,5-7,9,18H,4,8,10-11,13-15H2,(H,23,24);3*(H,6,7). The third kappa shape index (κ3) is 15.4. The summed E-state index contributed by atoms with van der Waals surface area (Å²) < 4.78 is 101. The molecule has 2 aromatic heterocycles. The van der Waals surface area contributed by atoms with Crippen molar-refractivity contribution in [1.82, 2.24) is 14.9 Å². The van der Waals surface area contributed by atoms with E-state index in [1.807, 2.05) is 30.5 Å². The summed E-state index contributed by atoms with van der Waals surface area (Å²) >= 11 is 0. The van der Waals surface area contributed by atoms with E-state index in [9.17, 15) is 39.5 Å². The smallest absolute Gasteiger partial charge is 0.475 e. The number of halogens is 9. The number of nitriles is 1. The van der Waals surface area contributed by atoms with Gasteiger partial charge in [0.25, 0.3) is 0 Å². The van der Waals surface area contributed by atoms with Crippen LogP contribution >= 0.6 is 0 Å². The van der Waals surface area contributed by atoms with Gasteiger partial charge in [-0.3, -0.25) is 9.88 Å². The highest BCUT2D eigenvalue weighted by Gasteiger charge is 2.44. The average Bonchev–Trinajstić information content (AvgIpc) is 3.34. The largest absolute Gasteiger partial charge is 0.490 e. The van der Waals surface area contributed by atoms with Crippen molar-refractivity contribution in [2.24, 2.45) is 0 Å². The van der Waals surface area contributed by atoms with Gasteiger partial charge in [0.05, 0.1) is 23.9 Å². The van der Waals surface area contributed by atoms with Gasteiger partial charge in [-0.2, -0.15) is 44.8 Å². The molecular formula is C26H26F9N5O7. The molecule has 2 aliphatic rings. The molecule has 0 aromatic carbocycles. The van der Waals surface area contributed by atoms with Gasteiger partial charge in [0.1, 0.15) is 17.6 Å². The maximum atomic E-state index is 10.6. The van der Waals surface area contributed by atoms with E-state index < -0.39 is 36.4 Å². The number of aromatic nitrogens is 2. The number of anilines is 1. The number of nitrogens with one attached hydrogen (secondary N) is 1. The van der Waals surface area contributed by atoms with Crippen molar-refractivity contribution in [1.29, 1.82) is 5.26 Å². The Bertz CT molecular complexity index is 1310. The molecule has 2 aromatic rings. The molecule has 0 aliphatic carbocycles. The van der Waals surface area contributed by atoms with E-state index in [0.717, 1.165) is 50.4 Å². The molecule has 0 bridgehead atoms. The van der Waals surface area contributed by atoms with Gasteiger partial charge < -0.3 is 25.4 Å². The van der Waals surface area contributed by atoms with Crippen molar-refractivity contribution in [3.05, 3.63) is 54.0 Å². The SMILES string of the molecule is N#Cc1cccc(NC2COC3(CCCN(Cc4ccccn4)C3)C2)n1.O=C(O)C(F)(F)F.O=C(O)C(F)(F)F.O=C(O)C(F)(F)F. The van der Waals surface area contributed by atoms with Crippen LogP contribution in [0.4, 0.5) is 45.3 Å². The third-order valence-electron chi connectivity index (χ3n) is 5.88. The van der Waals surface area contributed by atoms with Crippen LogP contribution in [0.25, 0.3) is 0 Å². The molecule has 4 N–H and O–H groups in total. The topological polar surface area (TPSA) is 186 Å². The number of carbonyl (C=O) groups is 3. The lowest BCUT2D eigenvalue weighted by Gasteiger charge is -2.39. The zero-order valence-corrected chi connectivity index (χ0v) is 23.7. The molecule has 47 heavy (non-hydrogen) atoms. The number of aliphatic carboxylic acids is 3. The lowest BCUT2D eigenvalue weighted by molar-refractivity contribution is -0.193. The van der Waals surface area contributed by atoms with Gasteiger partial charge in [-0.1, -0.05) is 12.1 Å². The maximum Gasteiger partial charge on any atom is 0.490 e. The predicted octanol–water partition coefficient (Wildman–Crippen LogP) is 4.48. The third-order valence-corrected chi connectivity index (χ3v) is 5.88. The molecule has 260 valence electrons. The zero-order valence-electron chi connectivity index (χ0n) is 23.7. The van der Waals surface area contributed by atoms with E-state index in [1.54, 1.807) is 6.07 Å². The van der Waals surface area contributed by atoms with Crippen molar-refractivity contribution < 1.29 is 74.0 Å². The summed E-state index contributed by atoms with van der Waals surface area (Å²) in [4.78, 5) is 37.9. The van der Waals surface area contributed by atoms with Crippen LogP contribution in [0.3, 0.4) is 0 Å². The van der Waals surface area contributed by atoms with Crippen LogP contribution < -0.4 is 5.32 Å². The summed E-state index contributed by atoms with van der Waals surface area (Å²) in [6, 6.07) is 13.9. The first-order valence-electron chi connectivity index (χ1n) is 12.9. The fourth-order valence-corrected chi connectivity index (χ4v) is 4.05. The van der Waals surface area contributed by atoms with Crippen LogP contribution in [0.1, 0.15) is 30.7 Å². The van der Waals surface area contributed by atoms with Crippen LogP contribution in [0.5, 0.6) is 0 Å². The highest BCUT2D eigenvalue weighted by atomic mass is 19.4. The van der Waals surface area contributed by atoms with Crippen LogP contribution in [0, 0.1) is 11.3 Å². The minimum absolute atomic E-state index is 0.0858. The number of piperidine rings is 1. The molecule has 4 rings (SSSR count). The molecule has 2 atom stereocenters. The molecule has 1 spiro atoms. The van der Waals surface area contributed by atoms with E-state index >= 15 is 0 Å². The highest BCUT2D eigenvalue weighted by Crippen LogP contribution is 2.36. The lowest BCUT2D eigenvalue weighted by atomic mass is 9.88. The van der Waals surface area contributed by atoms with Crippen LogP contribution in [0.2, 0.25) is 0 Å². The molecule has 21 heteroatoms. The number of hydrogen-bond acceptors (Lipinski definition) is 9. The van der Waals surface area contributed by atoms with E-state index in [1.165, 1.54) is 0 Å². The molecule has 2 unspecified atom stereocenters. The number of carboxylic acid groups (broad SMARTS) is 3. The van der Waals surface area contributed by atoms with Gasteiger partial charge in [0.2, 0.25) is 0 Å². The molecule has 0 radical (unpaired) electrons. The van der Waals surface area contributed by atoms with Crippen LogP contribution in [-0.2, 0) is 25.7 Å². The number of rotatable bonds is 4. The number of carboxylic acids is 3. The van der Waals surface area contributed by atoms with Gasteiger partial charge in [0, 0.05) is 25.7 Å². The zero-order chi connectivity index (χ0) is 36.1. The second kappa shape index (κ2) is 17.3. The Balaban J connectivity index is 0.000000430. The first-order valence-corrected chi connectivity index (χ1v) is 12.9. The Hall–Kier alpha value is -4.71. The number of pyridine rings is 2. The number of likely N-dealkylation sites (tertiary alicyclic amines) is 1. The Labute approximate surface area is 259 Å². The Morgan fingerprint density at radius 3 is 1.96 bits per heavy atom. The quantitative estimate of drug-likeness (QED) is 0.330. The summed E-state index contributed by atoms with van der Waals surface area (Å²) in [6.45, 7) is 3.57. The summed E-state index contributed by atoms with van der Waals surface area (Å²) in [5.41, 5.74) is 1.45. The van der Waals surface area contributed by atoms with Crippen molar-refractivity contribution in [2.45, 2.75) is 56.0 Å². The van der Waals surface area contributed by atoms with Gasteiger partial charge in [-0.25, -0.2) is 19.4 Å². The van der Waals surface area contributed by atoms with Gasteiger partial charge >= 0.3 is 36.4 Å². The fraction of sp³-hybridized carbons (Fsp3) is 0.462. The summed E-state index contributed by atoms with van der Waals surface area (Å²) in [6.07, 6.45) is -10.2. The number of hydrogen-bond donors (Lipinski definition) is 4. The molecule has 0 saturated carbocycles. The first-order chi connectivity index (χ1) is 21.6. The van der Waals surface area contributed by atoms with Crippen LogP contribution in [0.15, 0.2) is 42.6 Å². The molecule has 12 nitrogen and oxygen atoms in total. The van der Waals surface area contributed by atoms with Gasteiger partial charge in [0.15, 0.2) is 0 Å². The van der Waals surface area contributed by atoms with E-state index in [-0.39, 0.29) is 11.6 Å². The van der Waals surface area contributed by atoms with E-state index in [4.69, 9.17) is 39.7 Å². The fourth-order valence-electron chi connectivity index (χ4n) is 4.05. The summed E-state index contributed by atoms with van der Waals surface area (Å²) in [5.74, 6) is -7.52. The van der Waals surface area contributed by atoms with Crippen LogP contribution in [-0.4, -0.2) is 98.0 Å². The molecule has 0 amide bonds. The van der Waals surface area contributed by atoms with Crippen molar-refractivity contribution in [3.8, 4) is 6.07 Å². The van der Waals surface area contributed by atoms with Crippen molar-refractivity contribution in [3.63, 3.8) is 0 Å². The minimum Gasteiger partial charge on any atom is -0.475 e. The number of alkyl halides is 9. The lowest BCUT2D eigenvalue weighted by Crippen LogP contribution is -2.47. The maximum absolute atomic E-state index is 10.6. The number of ether oxygens (including phenoxy) is 1. The molecule has 2 fully saturated rings. The predicted molar refractivity (Wildman–Crippen MR) is 139 cm³/mol. The Morgan fingerprint density at radius 1 is 0.936 bits per heavy atom. The van der Waals surface area contributed by atoms with E-state index in [2.05, 4.69) is 32.3 Å². The highest BCUT2D eigenvalue weighted by molar-refractivity contribution is 5.73. The van der Waals surface area contributed by atoms with Crippen molar-refractivity contribution in [2.75, 3.05) is 25.0 Å². The van der Waals surface area contributed by atoms with Gasteiger partial charge in [-0.15, -0.1) is 0 Å². The summed E-state index contributed by atoms with van der Waals surface area (Å²) in [5, 5.41) is 33.8.